The number of amides is 1. The van der Waals surface area contributed by atoms with Crippen molar-refractivity contribution in [2.45, 2.75) is 38.6 Å². The summed E-state index contributed by atoms with van der Waals surface area (Å²) >= 11 is 0. The van der Waals surface area contributed by atoms with Crippen LogP contribution in [0.25, 0.3) is 11.1 Å². The number of carboxylic acids is 1. The van der Waals surface area contributed by atoms with E-state index < -0.39 is 18.1 Å². The van der Waals surface area contributed by atoms with Crippen LogP contribution in [0.5, 0.6) is 0 Å². The molecule has 0 heterocycles. The highest BCUT2D eigenvalue weighted by atomic mass is 16.5. The van der Waals surface area contributed by atoms with E-state index in [1.807, 2.05) is 38.1 Å². The molecule has 4 rings (SSSR count). The number of alkyl carbamates (subject to hydrolysis) is 1. The van der Waals surface area contributed by atoms with Gasteiger partial charge in [-0.1, -0.05) is 62.4 Å². The number of carboxylic acid groups (broad SMARTS) is 1. The minimum atomic E-state index is -1.00. The van der Waals surface area contributed by atoms with Gasteiger partial charge in [-0.15, -0.1) is 0 Å². The number of fused-ring (bicyclic) bond motifs is 3. The fraction of sp³-hybridized carbons (Fsp3) is 0.391. The number of nitrogens with one attached hydrogen (secondary N) is 1. The number of rotatable bonds is 6. The number of aliphatic carboxylic acids is 1. The number of carbonyl (C=O) groups is 2. The molecule has 5 nitrogen and oxygen atoms in total. The molecule has 1 saturated carbocycles. The second-order valence-electron chi connectivity index (χ2n) is 8.13. The summed E-state index contributed by atoms with van der Waals surface area (Å²) in [6.45, 7) is 4.19. The Morgan fingerprint density at radius 3 is 2.07 bits per heavy atom. The molecule has 2 aromatic rings. The summed E-state index contributed by atoms with van der Waals surface area (Å²) in [7, 11) is 0. The Hall–Kier alpha value is -2.82. The lowest BCUT2D eigenvalue weighted by Gasteiger charge is -2.27. The Balaban J connectivity index is 1.47. The third-order valence-electron chi connectivity index (χ3n) is 6.40. The Kier molecular flexibility index (Phi) is 4.61. The van der Waals surface area contributed by atoms with Gasteiger partial charge < -0.3 is 15.2 Å². The molecule has 1 fully saturated rings. The Labute approximate surface area is 164 Å². The van der Waals surface area contributed by atoms with Crippen molar-refractivity contribution in [1.29, 1.82) is 0 Å². The highest BCUT2D eigenvalue weighted by Crippen LogP contribution is 2.54. The third kappa shape index (κ3) is 3.05. The lowest BCUT2D eigenvalue weighted by molar-refractivity contribution is -0.142. The van der Waals surface area contributed by atoms with Crippen LogP contribution < -0.4 is 5.32 Å². The van der Waals surface area contributed by atoms with Crippen LogP contribution in [0.4, 0.5) is 4.79 Å². The van der Waals surface area contributed by atoms with Crippen molar-refractivity contribution < 1.29 is 19.4 Å². The van der Waals surface area contributed by atoms with Crippen molar-refractivity contribution >= 4 is 12.1 Å². The van der Waals surface area contributed by atoms with E-state index in [4.69, 9.17) is 4.74 Å². The minimum Gasteiger partial charge on any atom is -0.480 e. The highest BCUT2D eigenvalue weighted by Gasteiger charge is 2.55. The molecule has 5 heteroatoms. The van der Waals surface area contributed by atoms with Gasteiger partial charge in [-0.25, -0.2) is 9.59 Å². The smallest absolute Gasteiger partial charge is 0.407 e. The zero-order valence-corrected chi connectivity index (χ0v) is 16.1. The quantitative estimate of drug-likeness (QED) is 0.779. The molecule has 0 spiro atoms. The van der Waals surface area contributed by atoms with Gasteiger partial charge in [0, 0.05) is 11.3 Å². The summed E-state index contributed by atoms with van der Waals surface area (Å²) in [6, 6.07) is 15.3. The molecule has 0 radical (unpaired) electrons. The first-order valence-corrected chi connectivity index (χ1v) is 9.78. The van der Waals surface area contributed by atoms with E-state index in [1.54, 1.807) is 0 Å². The van der Waals surface area contributed by atoms with E-state index in [2.05, 4.69) is 29.6 Å². The monoisotopic (exact) mass is 379 g/mol. The normalized spacial score (nSPS) is 17.5. The Bertz CT molecular complexity index is 871. The van der Waals surface area contributed by atoms with Gasteiger partial charge in [0.2, 0.25) is 0 Å². The molecule has 1 atom stereocenters. The van der Waals surface area contributed by atoms with Crippen molar-refractivity contribution in [1.82, 2.24) is 5.32 Å². The first-order valence-electron chi connectivity index (χ1n) is 9.78. The molecule has 0 saturated heterocycles. The zero-order valence-electron chi connectivity index (χ0n) is 16.1. The summed E-state index contributed by atoms with van der Waals surface area (Å²) in [5, 5.41) is 12.2. The van der Waals surface area contributed by atoms with Gasteiger partial charge in [0.05, 0.1) is 0 Å². The molecule has 28 heavy (non-hydrogen) atoms. The molecule has 2 aromatic carbocycles. The SMILES string of the molecule is CC(C)C1(C(NC(=O)OCC2c3ccccc3-c3ccccc32)C(=O)O)CC1. The molecule has 0 aliphatic heterocycles. The Morgan fingerprint density at radius 1 is 1.07 bits per heavy atom. The molecule has 2 N–H and O–H groups in total. The van der Waals surface area contributed by atoms with E-state index in [-0.39, 0.29) is 23.9 Å². The number of hydrogen-bond acceptors (Lipinski definition) is 3. The zero-order chi connectivity index (χ0) is 19.9. The van der Waals surface area contributed by atoms with E-state index in [9.17, 15) is 14.7 Å². The molecule has 2 aliphatic rings. The van der Waals surface area contributed by atoms with Crippen molar-refractivity contribution in [3.8, 4) is 11.1 Å². The minimum absolute atomic E-state index is 0.0404. The van der Waals surface area contributed by atoms with Gasteiger partial charge in [-0.2, -0.15) is 0 Å². The number of benzene rings is 2. The van der Waals surface area contributed by atoms with E-state index in [0.29, 0.717) is 0 Å². The van der Waals surface area contributed by atoms with Gasteiger partial charge in [0.1, 0.15) is 12.6 Å². The van der Waals surface area contributed by atoms with Crippen LogP contribution in [-0.4, -0.2) is 29.8 Å². The summed E-state index contributed by atoms with van der Waals surface area (Å²) < 4.78 is 5.51. The molecule has 2 aliphatic carbocycles. The second kappa shape index (κ2) is 6.97. The van der Waals surface area contributed by atoms with Crippen molar-refractivity contribution in [3.05, 3.63) is 59.7 Å². The molecular formula is C23H25NO4. The number of hydrogen-bond donors (Lipinski definition) is 2. The van der Waals surface area contributed by atoms with Crippen molar-refractivity contribution in [3.63, 3.8) is 0 Å². The third-order valence-corrected chi connectivity index (χ3v) is 6.40. The van der Waals surface area contributed by atoms with E-state index >= 15 is 0 Å². The molecule has 0 aromatic heterocycles. The van der Waals surface area contributed by atoms with Crippen LogP contribution in [0.2, 0.25) is 0 Å². The topological polar surface area (TPSA) is 75.6 Å². The summed E-state index contributed by atoms with van der Waals surface area (Å²) in [4.78, 5) is 24.2. The summed E-state index contributed by atoms with van der Waals surface area (Å²) in [5.41, 5.74) is 4.22. The van der Waals surface area contributed by atoms with Gasteiger partial charge in [0.15, 0.2) is 0 Å². The van der Waals surface area contributed by atoms with Crippen molar-refractivity contribution in [2.75, 3.05) is 6.61 Å². The first kappa shape index (κ1) is 18.5. The molecular weight excluding hydrogens is 354 g/mol. The largest absolute Gasteiger partial charge is 0.480 e. The molecule has 0 bridgehead atoms. The second-order valence-corrected chi connectivity index (χ2v) is 8.13. The van der Waals surface area contributed by atoms with Crippen molar-refractivity contribution in [2.24, 2.45) is 11.3 Å². The lowest BCUT2D eigenvalue weighted by Crippen LogP contribution is -2.49. The Morgan fingerprint density at radius 2 is 1.61 bits per heavy atom. The van der Waals surface area contributed by atoms with Gasteiger partial charge in [-0.05, 0) is 41.0 Å². The van der Waals surface area contributed by atoms with Crippen LogP contribution in [0.1, 0.15) is 43.7 Å². The molecule has 1 amide bonds. The average molecular weight is 379 g/mol. The number of carbonyl (C=O) groups excluding carboxylic acids is 1. The van der Waals surface area contributed by atoms with Crippen LogP contribution in [0.15, 0.2) is 48.5 Å². The maximum Gasteiger partial charge on any atom is 0.407 e. The fourth-order valence-electron chi connectivity index (χ4n) is 4.55. The van der Waals surface area contributed by atoms with Crippen LogP contribution in [0, 0.1) is 11.3 Å². The van der Waals surface area contributed by atoms with E-state index in [0.717, 1.165) is 35.1 Å². The standard InChI is InChI=1S/C23H25NO4/c1-14(2)23(11-12-23)20(21(25)26)24-22(27)28-13-19-17-9-5-3-7-15(17)16-8-4-6-10-18(16)19/h3-10,14,19-20H,11-13H2,1-2H3,(H,24,27)(H,25,26). The van der Waals surface area contributed by atoms with Gasteiger partial charge in [0.25, 0.3) is 0 Å². The maximum atomic E-state index is 12.4. The lowest BCUT2D eigenvalue weighted by atomic mass is 9.85. The average Bonchev–Trinajstić information content (AvgIpc) is 3.43. The first-order chi connectivity index (χ1) is 13.4. The highest BCUT2D eigenvalue weighted by molar-refractivity contribution is 5.82. The van der Waals surface area contributed by atoms with Gasteiger partial charge >= 0.3 is 12.1 Å². The van der Waals surface area contributed by atoms with Crippen LogP contribution in [-0.2, 0) is 9.53 Å². The number of ether oxygens (including phenoxy) is 1. The predicted octanol–water partition coefficient (Wildman–Crippen LogP) is 4.41. The van der Waals surface area contributed by atoms with Gasteiger partial charge in [-0.3, -0.25) is 0 Å². The predicted molar refractivity (Wildman–Crippen MR) is 106 cm³/mol. The molecule has 146 valence electrons. The summed E-state index contributed by atoms with van der Waals surface area (Å²) in [6.07, 6.45) is 0.956. The van der Waals surface area contributed by atoms with Crippen LogP contribution in [0.3, 0.4) is 0 Å². The van der Waals surface area contributed by atoms with Crippen LogP contribution >= 0.6 is 0 Å². The van der Waals surface area contributed by atoms with E-state index in [1.165, 1.54) is 0 Å². The summed E-state index contributed by atoms with van der Waals surface area (Å²) in [5.74, 6) is -0.858. The maximum absolute atomic E-state index is 12.4. The molecule has 1 unspecified atom stereocenters. The fourth-order valence-corrected chi connectivity index (χ4v) is 4.55.